The lowest BCUT2D eigenvalue weighted by atomic mass is 9.94. The maximum atomic E-state index is 3.66. The summed E-state index contributed by atoms with van der Waals surface area (Å²) < 4.78 is 1.28. The highest BCUT2D eigenvalue weighted by molar-refractivity contribution is 9.10. The van der Waals surface area contributed by atoms with E-state index in [1.165, 1.54) is 34.9 Å². The van der Waals surface area contributed by atoms with Gasteiger partial charge in [0.05, 0.1) is 0 Å². The number of halogens is 1. The van der Waals surface area contributed by atoms with Crippen molar-refractivity contribution in [1.29, 1.82) is 0 Å². The van der Waals surface area contributed by atoms with Gasteiger partial charge in [-0.15, -0.1) is 0 Å². The van der Waals surface area contributed by atoms with Crippen molar-refractivity contribution in [2.24, 2.45) is 0 Å². The topological polar surface area (TPSA) is 0 Å². The van der Waals surface area contributed by atoms with Crippen LogP contribution in [0.5, 0.6) is 0 Å². The molecule has 0 amide bonds. The molecule has 0 aromatic heterocycles. The van der Waals surface area contributed by atoms with Crippen molar-refractivity contribution in [2.75, 3.05) is 0 Å². The monoisotopic (exact) mass is 286 g/mol. The van der Waals surface area contributed by atoms with E-state index < -0.39 is 0 Å². The van der Waals surface area contributed by atoms with E-state index in [9.17, 15) is 0 Å². The third-order valence-corrected chi connectivity index (χ3v) is 4.41. The van der Waals surface area contributed by atoms with Gasteiger partial charge in [-0.3, -0.25) is 0 Å². The van der Waals surface area contributed by atoms with Crippen molar-refractivity contribution >= 4 is 15.9 Å². The quantitative estimate of drug-likeness (QED) is 0.749. The molecule has 0 fully saturated rings. The first-order chi connectivity index (χ1) is 8.34. The van der Waals surface area contributed by atoms with E-state index in [-0.39, 0.29) is 0 Å². The molecule has 0 bridgehead atoms. The van der Waals surface area contributed by atoms with Crippen molar-refractivity contribution in [3.63, 3.8) is 0 Å². The molecule has 3 rings (SSSR count). The van der Waals surface area contributed by atoms with Gasteiger partial charge in [0, 0.05) is 4.47 Å². The SMILES string of the molecule is Brc1cccc2c1CC[C@H]2Cc1ccccc1. The Bertz CT molecular complexity index is 516. The minimum atomic E-state index is 0.699. The first-order valence-corrected chi connectivity index (χ1v) is 6.95. The minimum Gasteiger partial charge on any atom is -0.0622 e. The standard InChI is InChI=1S/C16H15Br/c17-16-8-4-7-14-13(9-10-15(14)16)11-12-5-2-1-3-6-12/h1-8,13H,9-11H2/t13-/m0/s1. The average Bonchev–Trinajstić information content (AvgIpc) is 2.76. The Hall–Kier alpha value is -1.08. The molecule has 1 atom stereocenters. The van der Waals surface area contributed by atoms with Gasteiger partial charge in [0.2, 0.25) is 0 Å². The van der Waals surface area contributed by atoms with Crippen molar-refractivity contribution in [2.45, 2.75) is 25.2 Å². The fourth-order valence-corrected chi connectivity index (χ4v) is 3.39. The second-order valence-electron chi connectivity index (χ2n) is 4.73. The zero-order chi connectivity index (χ0) is 11.7. The van der Waals surface area contributed by atoms with Gasteiger partial charge in [0.15, 0.2) is 0 Å². The molecule has 1 heteroatoms. The van der Waals surface area contributed by atoms with Crippen molar-refractivity contribution < 1.29 is 0 Å². The molecule has 0 saturated heterocycles. The van der Waals surface area contributed by atoms with E-state index >= 15 is 0 Å². The highest BCUT2D eigenvalue weighted by Gasteiger charge is 2.23. The third-order valence-electron chi connectivity index (χ3n) is 3.66. The first kappa shape index (κ1) is 11.0. The van der Waals surface area contributed by atoms with E-state index in [4.69, 9.17) is 0 Å². The summed E-state index contributed by atoms with van der Waals surface area (Å²) in [7, 11) is 0. The van der Waals surface area contributed by atoms with Crippen LogP contribution in [-0.2, 0) is 12.8 Å². The van der Waals surface area contributed by atoms with Gasteiger partial charge < -0.3 is 0 Å². The molecule has 0 unspecified atom stereocenters. The van der Waals surface area contributed by atoms with Crippen LogP contribution in [0.1, 0.15) is 29.0 Å². The van der Waals surface area contributed by atoms with Crippen LogP contribution in [0.25, 0.3) is 0 Å². The summed E-state index contributed by atoms with van der Waals surface area (Å²) in [5.41, 5.74) is 4.52. The predicted molar refractivity (Wildman–Crippen MR) is 75.4 cm³/mol. The van der Waals surface area contributed by atoms with Crippen LogP contribution in [0.4, 0.5) is 0 Å². The molecule has 2 aromatic carbocycles. The number of rotatable bonds is 2. The largest absolute Gasteiger partial charge is 0.0622 e. The fourth-order valence-electron chi connectivity index (χ4n) is 2.81. The molecule has 86 valence electrons. The second-order valence-corrected chi connectivity index (χ2v) is 5.59. The summed E-state index contributed by atoms with van der Waals surface area (Å²) in [5, 5.41) is 0. The van der Waals surface area contributed by atoms with Crippen LogP contribution < -0.4 is 0 Å². The zero-order valence-electron chi connectivity index (χ0n) is 9.70. The molecule has 0 aliphatic heterocycles. The summed E-state index contributed by atoms with van der Waals surface area (Å²) in [5.74, 6) is 0.699. The molecule has 1 aliphatic carbocycles. The van der Waals surface area contributed by atoms with Gasteiger partial charge in [-0.1, -0.05) is 58.4 Å². The summed E-state index contributed by atoms with van der Waals surface area (Å²) in [6, 6.07) is 17.4. The van der Waals surface area contributed by atoms with Crippen LogP contribution >= 0.6 is 15.9 Å². The maximum Gasteiger partial charge on any atom is 0.0210 e. The smallest absolute Gasteiger partial charge is 0.0210 e. The van der Waals surface area contributed by atoms with E-state index in [1.54, 1.807) is 5.56 Å². The van der Waals surface area contributed by atoms with Crippen LogP contribution in [0.15, 0.2) is 53.0 Å². The number of hydrogen-bond acceptors (Lipinski definition) is 0. The molecule has 0 radical (unpaired) electrons. The Morgan fingerprint density at radius 3 is 2.65 bits per heavy atom. The van der Waals surface area contributed by atoms with Gasteiger partial charge in [-0.25, -0.2) is 0 Å². The lowest BCUT2D eigenvalue weighted by Gasteiger charge is -2.11. The molecule has 0 saturated carbocycles. The molecule has 1 aliphatic rings. The Morgan fingerprint density at radius 1 is 1.00 bits per heavy atom. The van der Waals surface area contributed by atoms with Crippen molar-refractivity contribution in [3.05, 3.63) is 69.7 Å². The number of benzene rings is 2. The molecule has 0 nitrogen and oxygen atoms in total. The van der Waals surface area contributed by atoms with Gasteiger partial charge in [-0.05, 0) is 47.9 Å². The van der Waals surface area contributed by atoms with Gasteiger partial charge in [0.25, 0.3) is 0 Å². The predicted octanol–water partition coefficient (Wildman–Crippen LogP) is 4.72. The molecular formula is C16H15Br. The Labute approximate surface area is 111 Å². The Morgan fingerprint density at radius 2 is 1.82 bits per heavy atom. The van der Waals surface area contributed by atoms with E-state index in [2.05, 4.69) is 64.5 Å². The lowest BCUT2D eigenvalue weighted by Crippen LogP contribution is -1.98. The normalized spacial score (nSPS) is 18.1. The van der Waals surface area contributed by atoms with E-state index in [0.29, 0.717) is 5.92 Å². The zero-order valence-corrected chi connectivity index (χ0v) is 11.3. The molecule has 0 spiro atoms. The third kappa shape index (κ3) is 2.16. The average molecular weight is 287 g/mol. The van der Waals surface area contributed by atoms with Gasteiger partial charge >= 0.3 is 0 Å². The van der Waals surface area contributed by atoms with E-state index in [1.807, 2.05) is 0 Å². The minimum absolute atomic E-state index is 0.699. The maximum absolute atomic E-state index is 3.66. The Balaban J connectivity index is 1.87. The summed E-state index contributed by atoms with van der Waals surface area (Å²) >= 11 is 3.66. The number of fused-ring (bicyclic) bond motifs is 1. The van der Waals surface area contributed by atoms with Gasteiger partial charge in [0.1, 0.15) is 0 Å². The summed E-state index contributed by atoms with van der Waals surface area (Å²) in [4.78, 5) is 0. The van der Waals surface area contributed by atoms with Crippen LogP contribution in [0.2, 0.25) is 0 Å². The molecular weight excluding hydrogens is 272 g/mol. The molecule has 0 heterocycles. The van der Waals surface area contributed by atoms with Crippen LogP contribution in [-0.4, -0.2) is 0 Å². The highest BCUT2D eigenvalue weighted by atomic mass is 79.9. The van der Waals surface area contributed by atoms with E-state index in [0.717, 1.165) is 0 Å². The Kier molecular flexibility index (Phi) is 3.02. The lowest BCUT2D eigenvalue weighted by molar-refractivity contribution is 0.674. The summed E-state index contributed by atoms with van der Waals surface area (Å²) in [6.07, 6.45) is 3.67. The van der Waals surface area contributed by atoms with Gasteiger partial charge in [-0.2, -0.15) is 0 Å². The van der Waals surface area contributed by atoms with Crippen LogP contribution in [0.3, 0.4) is 0 Å². The molecule has 0 N–H and O–H groups in total. The number of hydrogen-bond donors (Lipinski definition) is 0. The van der Waals surface area contributed by atoms with Crippen molar-refractivity contribution in [3.8, 4) is 0 Å². The molecule has 17 heavy (non-hydrogen) atoms. The molecule has 2 aromatic rings. The van der Waals surface area contributed by atoms with Crippen molar-refractivity contribution in [1.82, 2.24) is 0 Å². The fraction of sp³-hybridized carbons (Fsp3) is 0.250. The second kappa shape index (κ2) is 4.66. The first-order valence-electron chi connectivity index (χ1n) is 6.16. The summed E-state index contributed by atoms with van der Waals surface area (Å²) in [6.45, 7) is 0. The van der Waals surface area contributed by atoms with Crippen LogP contribution in [0, 0.1) is 0 Å². The highest BCUT2D eigenvalue weighted by Crippen LogP contribution is 2.38.